The Labute approximate surface area is 157 Å². The standard InChI is InChI=1S/C21H24N4O2/c1-13-9-14(2)24-21(27)18(13)12-22-20(26)15-7-8-16-11-23-25(19(16)10-15)17-5-3-4-6-17/h7-11,17H,3-6,12H2,1-2H3,(H,22,26)(H,24,27). The molecule has 0 saturated heterocycles. The van der Waals surface area contributed by atoms with Crippen LogP contribution >= 0.6 is 0 Å². The van der Waals surface area contributed by atoms with Crippen LogP contribution in [0.2, 0.25) is 0 Å². The number of nitrogens with zero attached hydrogens (tertiary/aromatic N) is 2. The lowest BCUT2D eigenvalue weighted by Gasteiger charge is -2.12. The van der Waals surface area contributed by atoms with Crippen molar-refractivity contribution in [2.24, 2.45) is 0 Å². The van der Waals surface area contributed by atoms with Crippen molar-refractivity contribution in [3.05, 3.63) is 63.2 Å². The number of hydrogen-bond acceptors (Lipinski definition) is 3. The third kappa shape index (κ3) is 3.39. The molecule has 1 aliphatic carbocycles. The summed E-state index contributed by atoms with van der Waals surface area (Å²) in [7, 11) is 0. The summed E-state index contributed by atoms with van der Waals surface area (Å²) >= 11 is 0. The highest BCUT2D eigenvalue weighted by Crippen LogP contribution is 2.31. The number of aromatic nitrogens is 3. The zero-order chi connectivity index (χ0) is 19.0. The quantitative estimate of drug-likeness (QED) is 0.745. The number of amides is 1. The second-order valence-corrected chi connectivity index (χ2v) is 7.43. The summed E-state index contributed by atoms with van der Waals surface area (Å²) in [5.41, 5.74) is 3.72. The van der Waals surface area contributed by atoms with E-state index in [1.807, 2.05) is 44.3 Å². The van der Waals surface area contributed by atoms with E-state index in [1.54, 1.807) is 0 Å². The second-order valence-electron chi connectivity index (χ2n) is 7.43. The molecule has 2 heterocycles. The molecule has 0 bridgehead atoms. The summed E-state index contributed by atoms with van der Waals surface area (Å²) in [6, 6.07) is 7.99. The van der Waals surface area contributed by atoms with Gasteiger partial charge in [-0.15, -0.1) is 0 Å². The van der Waals surface area contributed by atoms with Crippen LogP contribution in [0.5, 0.6) is 0 Å². The van der Waals surface area contributed by atoms with E-state index in [-0.39, 0.29) is 18.0 Å². The van der Waals surface area contributed by atoms with Crippen molar-refractivity contribution in [1.82, 2.24) is 20.1 Å². The minimum absolute atomic E-state index is 0.150. The van der Waals surface area contributed by atoms with Gasteiger partial charge in [0.25, 0.3) is 11.5 Å². The largest absolute Gasteiger partial charge is 0.348 e. The van der Waals surface area contributed by atoms with Crippen molar-refractivity contribution >= 4 is 16.8 Å². The SMILES string of the molecule is Cc1cc(C)c(CNC(=O)c2ccc3cnn(C4CCCC4)c3c2)c(=O)[nH]1. The Kier molecular flexibility index (Phi) is 4.56. The van der Waals surface area contributed by atoms with Gasteiger partial charge in [-0.3, -0.25) is 14.3 Å². The molecule has 6 nitrogen and oxygen atoms in total. The zero-order valence-corrected chi connectivity index (χ0v) is 15.7. The number of aryl methyl sites for hydroxylation is 2. The Morgan fingerprint density at radius 1 is 1.26 bits per heavy atom. The predicted molar refractivity (Wildman–Crippen MR) is 105 cm³/mol. The zero-order valence-electron chi connectivity index (χ0n) is 15.7. The number of benzene rings is 1. The fourth-order valence-electron chi connectivity index (χ4n) is 3.99. The topological polar surface area (TPSA) is 79.8 Å². The monoisotopic (exact) mass is 364 g/mol. The molecule has 3 aromatic rings. The Balaban J connectivity index is 1.56. The van der Waals surface area contributed by atoms with E-state index in [1.165, 1.54) is 12.8 Å². The van der Waals surface area contributed by atoms with E-state index in [9.17, 15) is 9.59 Å². The summed E-state index contributed by atoms with van der Waals surface area (Å²) < 4.78 is 2.06. The maximum atomic E-state index is 12.7. The third-order valence-electron chi connectivity index (χ3n) is 5.45. The van der Waals surface area contributed by atoms with Gasteiger partial charge in [-0.25, -0.2) is 0 Å². The lowest BCUT2D eigenvalue weighted by molar-refractivity contribution is 0.0951. The summed E-state index contributed by atoms with van der Waals surface area (Å²) in [6.45, 7) is 3.94. The number of H-pyrrole nitrogens is 1. The van der Waals surface area contributed by atoms with Crippen LogP contribution in [-0.2, 0) is 6.54 Å². The highest BCUT2D eigenvalue weighted by molar-refractivity contribution is 5.97. The van der Waals surface area contributed by atoms with Gasteiger partial charge in [0.05, 0.1) is 17.8 Å². The molecule has 140 valence electrons. The highest BCUT2D eigenvalue weighted by Gasteiger charge is 2.20. The summed E-state index contributed by atoms with van der Waals surface area (Å²) in [5.74, 6) is -0.185. The lowest BCUT2D eigenvalue weighted by atomic mass is 10.1. The first-order valence-electron chi connectivity index (χ1n) is 9.48. The van der Waals surface area contributed by atoms with Gasteiger partial charge < -0.3 is 10.3 Å². The van der Waals surface area contributed by atoms with Crippen LogP contribution in [0.3, 0.4) is 0 Å². The first-order chi connectivity index (χ1) is 13.0. The molecule has 1 saturated carbocycles. The normalized spacial score (nSPS) is 14.7. The van der Waals surface area contributed by atoms with Crippen molar-refractivity contribution in [2.45, 2.75) is 52.1 Å². The number of aromatic amines is 1. The van der Waals surface area contributed by atoms with E-state index in [0.29, 0.717) is 17.2 Å². The Morgan fingerprint density at radius 3 is 2.78 bits per heavy atom. The summed E-state index contributed by atoms with van der Waals surface area (Å²) in [4.78, 5) is 27.6. The summed E-state index contributed by atoms with van der Waals surface area (Å²) in [6.07, 6.45) is 6.61. The van der Waals surface area contributed by atoms with Gasteiger partial charge >= 0.3 is 0 Å². The van der Waals surface area contributed by atoms with Crippen molar-refractivity contribution in [2.75, 3.05) is 0 Å². The number of pyridine rings is 1. The van der Waals surface area contributed by atoms with E-state index in [4.69, 9.17) is 0 Å². The predicted octanol–water partition coefficient (Wildman–Crippen LogP) is 3.39. The third-order valence-corrected chi connectivity index (χ3v) is 5.45. The molecule has 1 amide bonds. The molecule has 0 unspecified atom stereocenters. The minimum atomic E-state index is -0.185. The van der Waals surface area contributed by atoms with E-state index < -0.39 is 0 Å². The average molecular weight is 364 g/mol. The van der Waals surface area contributed by atoms with E-state index in [0.717, 1.165) is 35.0 Å². The van der Waals surface area contributed by atoms with E-state index >= 15 is 0 Å². The molecular formula is C21H24N4O2. The second kappa shape index (κ2) is 7.02. The van der Waals surface area contributed by atoms with Gasteiger partial charge in [0.1, 0.15) is 0 Å². The number of rotatable bonds is 4. The van der Waals surface area contributed by atoms with Crippen LogP contribution < -0.4 is 10.9 Å². The van der Waals surface area contributed by atoms with Crippen LogP contribution in [0.1, 0.15) is 58.9 Å². The fraction of sp³-hybridized carbons (Fsp3) is 0.381. The minimum Gasteiger partial charge on any atom is -0.348 e. The van der Waals surface area contributed by atoms with E-state index in [2.05, 4.69) is 20.1 Å². The molecule has 0 atom stereocenters. The number of carbonyl (C=O) groups is 1. The smallest absolute Gasteiger partial charge is 0.253 e. The maximum absolute atomic E-state index is 12.7. The van der Waals surface area contributed by atoms with Crippen molar-refractivity contribution < 1.29 is 4.79 Å². The van der Waals surface area contributed by atoms with Gasteiger partial charge in [-0.2, -0.15) is 5.10 Å². The summed E-state index contributed by atoms with van der Waals surface area (Å²) in [5, 5.41) is 8.46. The number of hydrogen-bond donors (Lipinski definition) is 2. The molecule has 0 aliphatic heterocycles. The van der Waals surface area contributed by atoms with Crippen molar-refractivity contribution in [3.8, 4) is 0 Å². The first-order valence-corrected chi connectivity index (χ1v) is 9.48. The molecule has 0 radical (unpaired) electrons. The Bertz CT molecular complexity index is 1060. The van der Waals surface area contributed by atoms with Crippen LogP contribution in [0.15, 0.2) is 35.3 Å². The molecule has 2 aromatic heterocycles. The average Bonchev–Trinajstić information content (AvgIpc) is 3.29. The van der Waals surface area contributed by atoms with Gasteiger partial charge in [0, 0.05) is 28.8 Å². The van der Waals surface area contributed by atoms with Crippen LogP contribution in [0.4, 0.5) is 0 Å². The van der Waals surface area contributed by atoms with Crippen molar-refractivity contribution in [3.63, 3.8) is 0 Å². The number of carbonyl (C=O) groups excluding carboxylic acids is 1. The van der Waals surface area contributed by atoms with Gasteiger partial charge in [-0.1, -0.05) is 18.9 Å². The Hall–Kier alpha value is -2.89. The van der Waals surface area contributed by atoms with Crippen LogP contribution in [0.25, 0.3) is 10.9 Å². The molecular weight excluding hydrogens is 340 g/mol. The molecule has 4 rings (SSSR count). The Morgan fingerprint density at radius 2 is 2.04 bits per heavy atom. The molecule has 0 spiro atoms. The lowest BCUT2D eigenvalue weighted by Crippen LogP contribution is -2.27. The maximum Gasteiger partial charge on any atom is 0.253 e. The molecule has 1 aliphatic rings. The molecule has 6 heteroatoms. The van der Waals surface area contributed by atoms with Crippen molar-refractivity contribution in [1.29, 1.82) is 0 Å². The van der Waals surface area contributed by atoms with Crippen LogP contribution in [-0.4, -0.2) is 20.7 Å². The van der Waals surface area contributed by atoms with Gasteiger partial charge in [-0.05, 0) is 50.5 Å². The van der Waals surface area contributed by atoms with Gasteiger partial charge in [0.2, 0.25) is 0 Å². The molecule has 27 heavy (non-hydrogen) atoms. The fourth-order valence-corrected chi connectivity index (χ4v) is 3.99. The first kappa shape index (κ1) is 17.5. The number of nitrogens with one attached hydrogen (secondary N) is 2. The van der Waals surface area contributed by atoms with Gasteiger partial charge in [0.15, 0.2) is 0 Å². The molecule has 2 N–H and O–H groups in total. The van der Waals surface area contributed by atoms with Crippen LogP contribution in [0, 0.1) is 13.8 Å². The molecule has 1 fully saturated rings. The highest BCUT2D eigenvalue weighted by atomic mass is 16.1. The number of fused-ring (bicyclic) bond motifs is 1. The molecule has 1 aromatic carbocycles.